The van der Waals surface area contributed by atoms with Crippen LogP contribution in [0.5, 0.6) is 0 Å². The van der Waals surface area contributed by atoms with E-state index in [9.17, 15) is 14.0 Å². The molecule has 2 aliphatic rings. The Labute approximate surface area is 156 Å². The fourth-order valence-corrected chi connectivity index (χ4v) is 3.74. The number of aromatic nitrogens is 2. The van der Waals surface area contributed by atoms with Gasteiger partial charge in [0, 0.05) is 32.0 Å². The summed E-state index contributed by atoms with van der Waals surface area (Å²) in [6, 6.07) is 7.61. The standard InChI is InChI=1S/C19H21FN4O3/c1-22-16(6-9-21-22)18(26)23-10-7-19(8-11-23)13-24(17(25)12-27-19)15-4-2-14(20)3-5-15/h2-6,9H,7-8,10-13H2,1H3. The molecule has 1 aromatic heterocycles. The zero-order valence-corrected chi connectivity index (χ0v) is 15.1. The van der Waals surface area contributed by atoms with E-state index in [0.29, 0.717) is 43.9 Å². The summed E-state index contributed by atoms with van der Waals surface area (Å²) < 4.78 is 20.7. The molecule has 2 aliphatic heterocycles. The number of piperidine rings is 1. The van der Waals surface area contributed by atoms with Crippen molar-refractivity contribution in [1.29, 1.82) is 0 Å². The number of likely N-dealkylation sites (tertiary alicyclic amines) is 1. The molecule has 2 fully saturated rings. The van der Waals surface area contributed by atoms with Crippen LogP contribution < -0.4 is 4.90 Å². The van der Waals surface area contributed by atoms with Crippen molar-refractivity contribution in [3.63, 3.8) is 0 Å². The first kappa shape index (κ1) is 17.7. The van der Waals surface area contributed by atoms with Gasteiger partial charge in [-0.3, -0.25) is 14.3 Å². The lowest BCUT2D eigenvalue weighted by molar-refractivity contribution is -0.143. The number of nitrogens with zero attached hydrogens (tertiary/aromatic N) is 4. The molecule has 1 aromatic carbocycles. The lowest BCUT2D eigenvalue weighted by Crippen LogP contribution is -2.59. The molecule has 2 aromatic rings. The maximum atomic E-state index is 13.2. The van der Waals surface area contributed by atoms with E-state index in [1.807, 2.05) is 0 Å². The summed E-state index contributed by atoms with van der Waals surface area (Å²) in [5.41, 5.74) is 0.738. The van der Waals surface area contributed by atoms with E-state index >= 15 is 0 Å². The summed E-state index contributed by atoms with van der Waals surface area (Å²) in [7, 11) is 1.75. The molecule has 2 amide bonds. The fraction of sp³-hybridized carbons (Fsp3) is 0.421. The summed E-state index contributed by atoms with van der Waals surface area (Å²) in [4.78, 5) is 28.4. The number of benzene rings is 1. The van der Waals surface area contributed by atoms with Crippen molar-refractivity contribution in [2.45, 2.75) is 18.4 Å². The molecular formula is C19H21FN4O3. The largest absolute Gasteiger partial charge is 0.363 e. The number of rotatable bonds is 2. The number of anilines is 1. The van der Waals surface area contributed by atoms with E-state index in [2.05, 4.69) is 5.10 Å². The Morgan fingerprint density at radius 2 is 1.89 bits per heavy atom. The first-order valence-corrected chi connectivity index (χ1v) is 8.95. The highest BCUT2D eigenvalue weighted by molar-refractivity contribution is 5.95. The first-order chi connectivity index (χ1) is 13.0. The molecule has 0 N–H and O–H groups in total. The molecule has 2 saturated heterocycles. The van der Waals surface area contributed by atoms with Crippen molar-refractivity contribution >= 4 is 17.5 Å². The Morgan fingerprint density at radius 1 is 1.19 bits per heavy atom. The van der Waals surface area contributed by atoms with Crippen LogP contribution in [0.4, 0.5) is 10.1 Å². The topological polar surface area (TPSA) is 67.7 Å². The van der Waals surface area contributed by atoms with E-state index < -0.39 is 5.60 Å². The quantitative estimate of drug-likeness (QED) is 0.803. The third kappa shape index (κ3) is 3.32. The van der Waals surface area contributed by atoms with E-state index in [0.717, 1.165) is 0 Å². The van der Waals surface area contributed by atoms with Gasteiger partial charge in [-0.15, -0.1) is 0 Å². The van der Waals surface area contributed by atoms with Crippen LogP contribution in [-0.2, 0) is 16.6 Å². The van der Waals surface area contributed by atoms with E-state index in [1.165, 1.54) is 12.1 Å². The predicted molar refractivity (Wildman–Crippen MR) is 95.8 cm³/mol. The average molecular weight is 372 g/mol. The van der Waals surface area contributed by atoms with Crippen LogP contribution in [-0.4, -0.2) is 58.3 Å². The smallest absolute Gasteiger partial charge is 0.272 e. The molecular weight excluding hydrogens is 351 g/mol. The maximum absolute atomic E-state index is 13.2. The van der Waals surface area contributed by atoms with Gasteiger partial charge in [-0.1, -0.05) is 0 Å². The molecule has 142 valence electrons. The summed E-state index contributed by atoms with van der Waals surface area (Å²) in [6.45, 7) is 1.50. The lowest BCUT2D eigenvalue weighted by atomic mass is 9.89. The molecule has 4 rings (SSSR count). The normalized spacial score (nSPS) is 19.6. The van der Waals surface area contributed by atoms with Gasteiger partial charge in [0.05, 0.1) is 12.1 Å². The van der Waals surface area contributed by atoms with Gasteiger partial charge >= 0.3 is 0 Å². The molecule has 1 spiro atoms. The second kappa shape index (κ2) is 6.77. The summed E-state index contributed by atoms with van der Waals surface area (Å²) in [5, 5.41) is 4.05. The Morgan fingerprint density at radius 3 is 2.52 bits per heavy atom. The molecule has 0 bridgehead atoms. The van der Waals surface area contributed by atoms with Gasteiger partial charge in [-0.25, -0.2) is 4.39 Å². The lowest BCUT2D eigenvalue weighted by Gasteiger charge is -2.46. The molecule has 8 heteroatoms. The van der Waals surface area contributed by atoms with E-state index in [-0.39, 0.29) is 24.2 Å². The molecule has 0 saturated carbocycles. The van der Waals surface area contributed by atoms with Gasteiger partial charge in [-0.05, 0) is 43.2 Å². The van der Waals surface area contributed by atoms with Crippen LogP contribution in [0.25, 0.3) is 0 Å². The van der Waals surface area contributed by atoms with Crippen molar-refractivity contribution in [3.05, 3.63) is 48.0 Å². The number of hydrogen-bond acceptors (Lipinski definition) is 4. The minimum Gasteiger partial charge on any atom is -0.363 e. The Balaban J connectivity index is 1.46. The fourth-order valence-electron chi connectivity index (χ4n) is 3.74. The number of carbonyl (C=O) groups is 2. The zero-order valence-electron chi connectivity index (χ0n) is 15.1. The Kier molecular flexibility index (Phi) is 4.43. The minimum absolute atomic E-state index is 0.00689. The predicted octanol–water partition coefficient (Wildman–Crippen LogP) is 1.60. The maximum Gasteiger partial charge on any atom is 0.272 e. The number of ether oxygens (including phenoxy) is 1. The van der Waals surface area contributed by atoms with Crippen molar-refractivity contribution < 1.29 is 18.7 Å². The number of amides is 2. The van der Waals surface area contributed by atoms with Crippen molar-refractivity contribution in [2.24, 2.45) is 7.05 Å². The Bertz CT molecular complexity index is 856. The SMILES string of the molecule is Cn1nccc1C(=O)N1CCC2(CC1)CN(c1ccc(F)cc1)C(=O)CO2. The van der Waals surface area contributed by atoms with Gasteiger partial charge in [0.1, 0.15) is 18.1 Å². The van der Waals surface area contributed by atoms with Crippen molar-refractivity contribution in [2.75, 3.05) is 31.1 Å². The van der Waals surface area contributed by atoms with Crippen LogP contribution in [0.3, 0.4) is 0 Å². The Hall–Kier alpha value is -2.74. The van der Waals surface area contributed by atoms with Gasteiger partial charge in [0.25, 0.3) is 11.8 Å². The summed E-state index contributed by atoms with van der Waals surface area (Å²) in [5.74, 6) is -0.524. The molecule has 3 heterocycles. The highest BCUT2D eigenvalue weighted by atomic mass is 19.1. The highest BCUT2D eigenvalue weighted by Gasteiger charge is 2.43. The molecule has 0 radical (unpaired) electrons. The average Bonchev–Trinajstić information content (AvgIpc) is 3.11. The number of halogens is 1. The zero-order chi connectivity index (χ0) is 19.0. The minimum atomic E-state index is -0.481. The first-order valence-electron chi connectivity index (χ1n) is 8.95. The van der Waals surface area contributed by atoms with Crippen LogP contribution in [0, 0.1) is 5.82 Å². The third-order valence-corrected chi connectivity index (χ3v) is 5.39. The van der Waals surface area contributed by atoms with Crippen molar-refractivity contribution in [1.82, 2.24) is 14.7 Å². The van der Waals surface area contributed by atoms with Gasteiger partial charge < -0.3 is 14.5 Å². The second-order valence-corrected chi connectivity index (χ2v) is 7.06. The van der Waals surface area contributed by atoms with Crippen molar-refractivity contribution in [3.8, 4) is 0 Å². The van der Waals surface area contributed by atoms with Gasteiger partial charge in [0.15, 0.2) is 0 Å². The van der Waals surface area contributed by atoms with E-state index in [1.54, 1.807) is 45.9 Å². The van der Waals surface area contributed by atoms with E-state index in [4.69, 9.17) is 4.74 Å². The van der Waals surface area contributed by atoms with Crippen LogP contribution in [0.1, 0.15) is 23.3 Å². The molecule has 0 unspecified atom stereocenters. The number of aryl methyl sites for hydroxylation is 1. The molecule has 0 aliphatic carbocycles. The van der Waals surface area contributed by atoms with Crippen LogP contribution >= 0.6 is 0 Å². The molecule has 27 heavy (non-hydrogen) atoms. The molecule has 7 nitrogen and oxygen atoms in total. The summed E-state index contributed by atoms with van der Waals surface area (Å²) >= 11 is 0. The second-order valence-electron chi connectivity index (χ2n) is 7.06. The third-order valence-electron chi connectivity index (χ3n) is 5.39. The number of morpholine rings is 1. The number of carbonyl (C=O) groups excluding carboxylic acids is 2. The number of hydrogen-bond donors (Lipinski definition) is 0. The highest BCUT2D eigenvalue weighted by Crippen LogP contribution is 2.33. The monoisotopic (exact) mass is 372 g/mol. The van der Waals surface area contributed by atoms with Crippen LogP contribution in [0.15, 0.2) is 36.5 Å². The van der Waals surface area contributed by atoms with Gasteiger partial charge in [-0.2, -0.15) is 5.10 Å². The molecule has 0 atom stereocenters. The van der Waals surface area contributed by atoms with Crippen LogP contribution in [0.2, 0.25) is 0 Å². The summed E-state index contributed by atoms with van der Waals surface area (Å²) in [6.07, 6.45) is 2.89. The van der Waals surface area contributed by atoms with Gasteiger partial charge in [0.2, 0.25) is 0 Å².